The molecule has 1 amide bonds. The van der Waals surface area contributed by atoms with Gasteiger partial charge in [0.1, 0.15) is 5.58 Å². The predicted octanol–water partition coefficient (Wildman–Crippen LogP) is 4.31. The Hall–Kier alpha value is -3.41. The van der Waals surface area contributed by atoms with Gasteiger partial charge in [0, 0.05) is 11.8 Å². The smallest absolute Gasteiger partial charge is 0.338 e. The number of carbonyl (C=O) groups is 2. The first-order valence-electron chi connectivity index (χ1n) is 9.11. The molecule has 0 unspecified atom stereocenters. The van der Waals surface area contributed by atoms with Crippen LogP contribution in [0.3, 0.4) is 0 Å². The lowest BCUT2D eigenvalue weighted by Crippen LogP contribution is -2.15. The highest BCUT2D eigenvalue weighted by Gasteiger charge is 2.13. The minimum absolute atomic E-state index is 0.0793. The number of ether oxygens (including phenoxy) is 1. The molecule has 1 heterocycles. The summed E-state index contributed by atoms with van der Waals surface area (Å²) in [6.07, 6.45) is 1.76. The Labute approximate surface area is 162 Å². The molecule has 6 heteroatoms. The third-order valence-corrected chi connectivity index (χ3v) is 4.22. The maximum atomic E-state index is 12.4. The second-order valence-corrected chi connectivity index (χ2v) is 6.50. The largest absolute Gasteiger partial charge is 0.462 e. The summed E-state index contributed by atoms with van der Waals surface area (Å²) in [6, 6.07) is 12.7. The number of hydrogen-bond donors (Lipinski definition) is 1. The van der Waals surface area contributed by atoms with Gasteiger partial charge in [0.2, 0.25) is 0 Å². The average molecular weight is 379 g/mol. The SMILES string of the molecule is CCCCOC(=O)c1ccc(NC(=O)c2cc(=O)c3cc(C)ccc3o2)cc1. The number of carbonyl (C=O) groups excluding carboxylic acids is 2. The summed E-state index contributed by atoms with van der Waals surface area (Å²) in [5.41, 5.74) is 1.89. The van der Waals surface area contributed by atoms with Crippen LogP contribution in [0.5, 0.6) is 0 Å². The summed E-state index contributed by atoms with van der Waals surface area (Å²) in [5, 5.41) is 3.09. The van der Waals surface area contributed by atoms with Gasteiger partial charge in [-0.15, -0.1) is 0 Å². The minimum atomic E-state index is -0.544. The van der Waals surface area contributed by atoms with E-state index in [1.807, 2.05) is 19.9 Å². The number of anilines is 1. The number of hydrogen-bond acceptors (Lipinski definition) is 5. The van der Waals surface area contributed by atoms with Crippen molar-refractivity contribution in [2.45, 2.75) is 26.7 Å². The van der Waals surface area contributed by atoms with Gasteiger partial charge in [0.05, 0.1) is 17.6 Å². The summed E-state index contributed by atoms with van der Waals surface area (Å²) < 4.78 is 10.7. The van der Waals surface area contributed by atoms with Gasteiger partial charge < -0.3 is 14.5 Å². The summed E-state index contributed by atoms with van der Waals surface area (Å²) >= 11 is 0. The number of rotatable bonds is 6. The van der Waals surface area contributed by atoms with Crippen molar-refractivity contribution in [1.29, 1.82) is 0 Å². The van der Waals surface area contributed by atoms with Crippen molar-refractivity contribution in [2.75, 3.05) is 11.9 Å². The summed E-state index contributed by atoms with van der Waals surface area (Å²) in [6.45, 7) is 4.28. The van der Waals surface area contributed by atoms with E-state index in [0.29, 0.717) is 28.8 Å². The van der Waals surface area contributed by atoms with Gasteiger partial charge in [-0.3, -0.25) is 9.59 Å². The van der Waals surface area contributed by atoms with E-state index in [4.69, 9.17) is 9.15 Å². The maximum absolute atomic E-state index is 12.4. The van der Waals surface area contributed by atoms with Gasteiger partial charge >= 0.3 is 5.97 Å². The van der Waals surface area contributed by atoms with E-state index in [-0.39, 0.29) is 11.2 Å². The Morgan fingerprint density at radius 2 is 1.82 bits per heavy atom. The van der Waals surface area contributed by atoms with Crippen molar-refractivity contribution in [3.63, 3.8) is 0 Å². The highest BCUT2D eigenvalue weighted by Crippen LogP contribution is 2.16. The lowest BCUT2D eigenvalue weighted by molar-refractivity contribution is 0.0499. The Balaban J connectivity index is 1.72. The average Bonchev–Trinajstić information content (AvgIpc) is 2.69. The first kappa shape index (κ1) is 19.4. The normalized spacial score (nSPS) is 10.6. The molecule has 0 radical (unpaired) electrons. The van der Waals surface area contributed by atoms with Crippen LogP contribution in [-0.2, 0) is 4.74 Å². The molecule has 1 aromatic heterocycles. The number of esters is 1. The fourth-order valence-electron chi connectivity index (χ4n) is 2.66. The van der Waals surface area contributed by atoms with Gasteiger partial charge in [0.25, 0.3) is 5.91 Å². The molecule has 28 heavy (non-hydrogen) atoms. The Morgan fingerprint density at radius 1 is 1.07 bits per heavy atom. The molecule has 0 fully saturated rings. The fraction of sp³-hybridized carbons (Fsp3) is 0.227. The molecule has 0 aliphatic rings. The van der Waals surface area contributed by atoms with Crippen LogP contribution in [-0.4, -0.2) is 18.5 Å². The number of aryl methyl sites for hydroxylation is 1. The van der Waals surface area contributed by atoms with Crippen LogP contribution in [0.15, 0.2) is 57.7 Å². The molecule has 3 rings (SSSR count). The summed E-state index contributed by atoms with van der Waals surface area (Å²) in [4.78, 5) is 36.6. The number of amides is 1. The molecule has 6 nitrogen and oxygen atoms in total. The van der Waals surface area contributed by atoms with Crippen molar-refractivity contribution in [2.24, 2.45) is 0 Å². The molecule has 2 aromatic carbocycles. The third kappa shape index (κ3) is 4.46. The van der Waals surface area contributed by atoms with Gasteiger partial charge in [0.15, 0.2) is 11.2 Å². The monoisotopic (exact) mass is 379 g/mol. The van der Waals surface area contributed by atoms with Gasteiger partial charge in [-0.25, -0.2) is 4.79 Å². The molecular formula is C22H21NO5. The van der Waals surface area contributed by atoms with E-state index in [9.17, 15) is 14.4 Å². The van der Waals surface area contributed by atoms with Crippen LogP contribution in [0.4, 0.5) is 5.69 Å². The van der Waals surface area contributed by atoms with Gasteiger partial charge in [-0.05, 0) is 49.7 Å². The van der Waals surface area contributed by atoms with Gasteiger partial charge in [-0.1, -0.05) is 25.0 Å². The van der Waals surface area contributed by atoms with Crippen LogP contribution >= 0.6 is 0 Å². The quantitative estimate of drug-likeness (QED) is 0.509. The molecule has 0 aliphatic heterocycles. The first-order valence-corrected chi connectivity index (χ1v) is 9.11. The van der Waals surface area contributed by atoms with Crippen LogP contribution in [0.2, 0.25) is 0 Å². The van der Waals surface area contributed by atoms with E-state index >= 15 is 0 Å². The van der Waals surface area contributed by atoms with E-state index < -0.39 is 11.9 Å². The lowest BCUT2D eigenvalue weighted by Gasteiger charge is -2.07. The van der Waals surface area contributed by atoms with Crippen molar-refractivity contribution < 1.29 is 18.7 Å². The number of fused-ring (bicyclic) bond motifs is 1. The number of nitrogens with one attached hydrogen (secondary N) is 1. The maximum Gasteiger partial charge on any atom is 0.338 e. The minimum Gasteiger partial charge on any atom is -0.462 e. The molecule has 0 atom stereocenters. The van der Waals surface area contributed by atoms with Crippen molar-refractivity contribution >= 4 is 28.5 Å². The van der Waals surface area contributed by atoms with E-state index in [1.165, 1.54) is 6.07 Å². The molecule has 1 N–H and O–H groups in total. The fourth-order valence-corrected chi connectivity index (χ4v) is 2.66. The molecule has 0 bridgehead atoms. The topological polar surface area (TPSA) is 85.6 Å². The molecule has 3 aromatic rings. The molecular weight excluding hydrogens is 358 g/mol. The molecule has 0 aliphatic carbocycles. The highest BCUT2D eigenvalue weighted by atomic mass is 16.5. The van der Waals surface area contributed by atoms with Crippen LogP contribution < -0.4 is 10.7 Å². The van der Waals surface area contributed by atoms with Crippen molar-refractivity contribution in [3.8, 4) is 0 Å². The Bertz CT molecular complexity index is 1070. The second kappa shape index (κ2) is 8.52. The van der Waals surface area contributed by atoms with Crippen molar-refractivity contribution in [1.82, 2.24) is 0 Å². The zero-order valence-corrected chi connectivity index (χ0v) is 15.8. The molecule has 144 valence electrons. The van der Waals surface area contributed by atoms with Crippen LogP contribution in [0.1, 0.15) is 46.2 Å². The zero-order chi connectivity index (χ0) is 20.1. The van der Waals surface area contributed by atoms with E-state index in [1.54, 1.807) is 36.4 Å². The Kier molecular flexibility index (Phi) is 5.89. The predicted molar refractivity (Wildman–Crippen MR) is 107 cm³/mol. The molecule has 0 saturated heterocycles. The Morgan fingerprint density at radius 3 is 2.54 bits per heavy atom. The summed E-state index contributed by atoms with van der Waals surface area (Å²) in [7, 11) is 0. The third-order valence-electron chi connectivity index (χ3n) is 4.22. The van der Waals surface area contributed by atoms with E-state index in [0.717, 1.165) is 18.4 Å². The first-order chi connectivity index (χ1) is 13.5. The lowest BCUT2D eigenvalue weighted by atomic mass is 10.1. The molecule has 0 spiro atoms. The summed E-state index contributed by atoms with van der Waals surface area (Å²) in [5.74, 6) is -1.02. The van der Waals surface area contributed by atoms with Crippen LogP contribution in [0, 0.1) is 6.92 Å². The highest BCUT2D eigenvalue weighted by molar-refractivity contribution is 6.03. The standard InChI is InChI=1S/C22H21NO5/c1-3-4-11-27-22(26)15-6-8-16(9-7-15)23-21(25)20-13-18(24)17-12-14(2)5-10-19(17)28-20/h5-10,12-13H,3-4,11H2,1-2H3,(H,23,25). The van der Waals surface area contributed by atoms with Crippen molar-refractivity contribution in [3.05, 3.63) is 75.6 Å². The number of benzene rings is 2. The zero-order valence-electron chi connectivity index (χ0n) is 15.8. The second-order valence-electron chi connectivity index (χ2n) is 6.50. The molecule has 0 saturated carbocycles. The van der Waals surface area contributed by atoms with Gasteiger partial charge in [-0.2, -0.15) is 0 Å². The van der Waals surface area contributed by atoms with Crippen LogP contribution in [0.25, 0.3) is 11.0 Å². The number of unbranched alkanes of at least 4 members (excludes halogenated alkanes) is 1. The van der Waals surface area contributed by atoms with E-state index in [2.05, 4.69) is 5.32 Å².